The van der Waals surface area contributed by atoms with Crippen molar-refractivity contribution in [1.82, 2.24) is 0 Å². The highest BCUT2D eigenvalue weighted by Crippen LogP contribution is 2.27. The summed E-state index contributed by atoms with van der Waals surface area (Å²) >= 11 is 0. The van der Waals surface area contributed by atoms with E-state index in [9.17, 15) is 5.11 Å². The Bertz CT molecular complexity index is 585. The highest BCUT2D eigenvalue weighted by molar-refractivity contribution is 7.79. The molecule has 6 heteroatoms. The highest BCUT2D eigenvalue weighted by atomic mass is 32.3. The van der Waals surface area contributed by atoms with Gasteiger partial charge in [-0.3, -0.25) is 9.11 Å². The lowest BCUT2D eigenvalue weighted by molar-refractivity contribution is 0.381. The Balaban J connectivity index is 0.000000280. The predicted molar refractivity (Wildman–Crippen MR) is 67.7 cm³/mol. The molecule has 0 heterocycles. The normalized spacial score (nSPS) is 10.3. The third kappa shape index (κ3) is 5.44. The van der Waals surface area contributed by atoms with Gasteiger partial charge in [0.1, 0.15) is 5.75 Å². The maximum Gasteiger partial charge on any atom is 0.394 e. The average Bonchev–Trinajstić information content (AvgIpc) is 2.29. The number of aromatic hydroxyl groups is 1. The molecular formula is C12H12O5S. The van der Waals surface area contributed by atoms with Crippen molar-refractivity contribution in [3.63, 3.8) is 0 Å². The summed E-state index contributed by atoms with van der Waals surface area (Å²) in [5.74, 6) is 0.328. The number of phenolic OH excluding ortho intramolecular Hbond substituents is 1. The number of benzene rings is 2. The van der Waals surface area contributed by atoms with E-state index in [4.69, 9.17) is 17.5 Å². The molecule has 3 N–H and O–H groups in total. The van der Waals surface area contributed by atoms with E-state index >= 15 is 0 Å². The minimum absolute atomic E-state index is 0.328. The lowest BCUT2D eigenvalue weighted by Crippen LogP contribution is -1.89. The lowest BCUT2D eigenvalue weighted by Gasteiger charge is -2.02. The molecule has 0 aliphatic carbocycles. The average molecular weight is 268 g/mol. The molecule has 2 rings (SSSR count). The molecule has 0 aliphatic heterocycles. The number of rotatable bonds is 1. The molecule has 0 spiro atoms. The Hall–Kier alpha value is -1.89. The van der Waals surface area contributed by atoms with Crippen molar-refractivity contribution in [2.24, 2.45) is 0 Å². The third-order valence-corrected chi connectivity index (χ3v) is 1.99. The molecule has 5 nitrogen and oxygen atoms in total. The largest absolute Gasteiger partial charge is 0.507 e. The van der Waals surface area contributed by atoms with Crippen LogP contribution in [0.4, 0.5) is 0 Å². The molecule has 0 fully saturated rings. The van der Waals surface area contributed by atoms with E-state index in [0.717, 1.165) is 11.1 Å². The van der Waals surface area contributed by atoms with Crippen molar-refractivity contribution in [2.75, 3.05) is 0 Å². The molecule has 0 saturated heterocycles. The number of hydrogen-bond donors (Lipinski definition) is 3. The molecule has 0 amide bonds. The van der Waals surface area contributed by atoms with Gasteiger partial charge in [-0.25, -0.2) is 0 Å². The maximum absolute atomic E-state index is 9.56. The molecule has 2 aromatic carbocycles. The molecular weight excluding hydrogens is 256 g/mol. The van der Waals surface area contributed by atoms with Crippen LogP contribution in [0.25, 0.3) is 11.1 Å². The summed E-state index contributed by atoms with van der Waals surface area (Å²) in [6.45, 7) is 0. The Morgan fingerprint density at radius 1 is 0.778 bits per heavy atom. The monoisotopic (exact) mass is 268 g/mol. The minimum Gasteiger partial charge on any atom is -0.507 e. The topological polar surface area (TPSA) is 94.8 Å². The fourth-order valence-electron chi connectivity index (χ4n) is 1.34. The van der Waals surface area contributed by atoms with Crippen LogP contribution < -0.4 is 0 Å². The summed E-state index contributed by atoms with van der Waals surface area (Å²) in [6, 6.07) is 17.2. The van der Waals surface area contributed by atoms with Crippen molar-refractivity contribution in [2.45, 2.75) is 0 Å². The van der Waals surface area contributed by atoms with Gasteiger partial charge in [-0.1, -0.05) is 48.5 Å². The summed E-state index contributed by atoms with van der Waals surface area (Å²) in [4.78, 5) is 0. The molecule has 96 valence electrons. The van der Waals surface area contributed by atoms with Crippen LogP contribution in [-0.2, 0) is 10.4 Å². The first-order chi connectivity index (χ1) is 8.38. The fraction of sp³-hybridized carbons (Fsp3) is 0. The molecule has 0 atom stereocenters. The van der Waals surface area contributed by atoms with E-state index in [1.807, 2.05) is 48.5 Å². The van der Waals surface area contributed by atoms with Crippen molar-refractivity contribution in [3.8, 4) is 16.9 Å². The molecule has 0 aromatic heterocycles. The number of hydrogen-bond acceptors (Lipinski definition) is 3. The van der Waals surface area contributed by atoms with Gasteiger partial charge in [-0.15, -0.1) is 0 Å². The van der Waals surface area contributed by atoms with E-state index < -0.39 is 10.4 Å². The molecule has 2 aromatic rings. The summed E-state index contributed by atoms with van der Waals surface area (Å²) in [5.41, 5.74) is 1.92. The summed E-state index contributed by atoms with van der Waals surface area (Å²) in [5, 5.41) is 9.56. The van der Waals surface area contributed by atoms with Crippen molar-refractivity contribution in [3.05, 3.63) is 54.6 Å². The fourth-order valence-corrected chi connectivity index (χ4v) is 1.34. The molecule has 0 saturated carbocycles. The van der Waals surface area contributed by atoms with E-state index in [0.29, 0.717) is 5.75 Å². The van der Waals surface area contributed by atoms with Crippen LogP contribution >= 0.6 is 0 Å². The van der Waals surface area contributed by atoms with E-state index in [-0.39, 0.29) is 0 Å². The van der Waals surface area contributed by atoms with Crippen LogP contribution in [-0.4, -0.2) is 22.6 Å². The molecule has 0 radical (unpaired) electrons. The SMILES string of the molecule is O=S(=O)(O)O.Oc1ccccc1-c1ccccc1. The van der Waals surface area contributed by atoms with Crippen LogP contribution in [0.1, 0.15) is 0 Å². The van der Waals surface area contributed by atoms with Crippen molar-refractivity contribution in [1.29, 1.82) is 0 Å². The van der Waals surface area contributed by atoms with Gasteiger partial charge >= 0.3 is 10.4 Å². The van der Waals surface area contributed by atoms with Gasteiger partial charge in [-0.05, 0) is 11.6 Å². The van der Waals surface area contributed by atoms with Gasteiger partial charge in [0.2, 0.25) is 0 Å². The Labute approximate surface area is 105 Å². The van der Waals surface area contributed by atoms with Gasteiger partial charge in [0.25, 0.3) is 0 Å². The van der Waals surface area contributed by atoms with Crippen LogP contribution in [0, 0.1) is 0 Å². The second-order valence-electron chi connectivity index (χ2n) is 3.33. The maximum atomic E-state index is 9.56. The number of para-hydroxylation sites is 1. The molecule has 0 aliphatic rings. The molecule has 0 bridgehead atoms. The Kier molecular flexibility index (Phi) is 4.85. The summed E-state index contributed by atoms with van der Waals surface area (Å²) < 4.78 is 31.6. The highest BCUT2D eigenvalue weighted by Gasteiger charge is 2.00. The van der Waals surface area contributed by atoms with Crippen molar-refractivity contribution >= 4 is 10.4 Å². The zero-order valence-corrected chi connectivity index (χ0v) is 10.1. The minimum atomic E-state index is -4.67. The zero-order valence-electron chi connectivity index (χ0n) is 9.26. The van der Waals surface area contributed by atoms with E-state index in [1.165, 1.54) is 0 Å². The van der Waals surface area contributed by atoms with Gasteiger partial charge in [0.15, 0.2) is 0 Å². The Morgan fingerprint density at radius 3 is 1.72 bits per heavy atom. The van der Waals surface area contributed by atoms with Crippen LogP contribution in [0.5, 0.6) is 5.75 Å². The van der Waals surface area contributed by atoms with Crippen LogP contribution in [0.3, 0.4) is 0 Å². The summed E-state index contributed by atoms with van der Waals surface area (Å²) in [6.07, 6.45) is 0. The van der Waals surface area contributed by atoms with Gasteiger partial charge < -0.3 is 5.11 Å². The van der Waals surface area contributed by atoms with E-state index in [1.54, 1.807) is 6.07 Å². The molecule has 18 heavy (non-hydrogen) atoms. The van der Waals surface area contributed by atoms with Crippen LogP contribution in [0.15, 0.2) is 54.6 Å². The summed E-state index contributed by atoms with van der Waals surface area (Å²) in [7, 11) is -4.67. The number of phenols is 1. The van der Waals surface area contributed by atoms with E-state index in [2.05, 4.69) is 0 Å². The third-order valence-electron chi connectivity index (χ3n) is 1.99. The first-order valence-corrected chi connectivity index (χ1v) is 6.31. The van der Waals surface area contributed by atoms with Gasteiger partial charge in [-0.2, -0.15) is 8.42 Å². The quantitative estimate of drug-likeness (QED) is 0.690. The predicted octanol–water partition coefficient (Wildman–Crippen LogP) is 2.41. The second kappa shape index (κ2) is 6.15. The van der Waals surface area contributed by atoms with Gasteiger partial charge in [0.05, 0.1) is 0 Å². The van der Waals surface area contributed by atoms with Gasteiger partial charge in [0, 0.05) is 5.56 Å². The second-order valence-corrected chi connectivity index (χ2v) is 4.23. The molecule has 0 unspecified atom stereocenters. The van der Waals surface area contributed by atoms with Crippen molar-refractivity contribution < 1.29 is 22.6 Å². The standard InChI is InChI=1S/C12H10O.H2O4S/c13-12-9-5-4-8-11(12)10-6-2-1-3-7-10;1-5(2,3)4/h1-9,13H;(H2,1,2,3,4). The zero-order chi connectivity index (χ0) is 13.6. The smallest absolute Gasteiger partial charge is 0.394 e. The first kappa shape index (κ1) is 14.2. The Morgan fingerprint density at radius 2 is 1.22 bits per heavy atom. The van der Waals surface area contributed by atoms with Crippen LogP contribution in [0.2, 0.25) is 0 Å². The first-order valence-electron chi connectivity index (χ1n) is 4.91. The lowest BCUT2D eigenvalue weighted by atomic mass is 10.1.